The van der Waals surface area contributed by atoms with Gasteiger partial charge in [-0.05, 0) is 17.5 Å². The highest BCUT2D eigenvalue weighted by Gasteiger charge is 2.09. The lowest BCUT2D eigenvalue weighted by Gasteiger charge is -2.12. The van der Waals surface area contributed by atoms with E-state index in [4.69, 9.17) is 4.74 Å². The molecule has 0 saturated carbocycles. The van der Waals surface area contributed by atoms with Gasteiger partial charge in [-0.2, -0.15) is 0 Å². The molecule has 0 amide bonds. The minimum Gasteiger partial charge on any atom is -0.388 e. The van der Waals surface area contributed by atoms with Gasteiger partial charge in [0.1, 0.15) is 6.61 Å². The summed E-state index contributed by atoms with van der Waals surface area (Å²) in [5.41, 5.74) is 2.00. The van der Waals surface area contributed by atoms with Crippen molar-refractivity contribution >= 4 is 0 Å². The average molecular weight is 258 g/mol. The molecule has 2 nitrogen and oxygen atoms in total. The molecule has 1 atom stereocenters. The molecule has 0 aliphatic heterocycles. The van der Waals surface area contributed by atoms with Crippen LogP contribution in [0.15, 0.2) is 24.3 Å². The molecule has 0 saturated heterocycles. The van der Waals surface area contributed by atoms with Crippen molar-refractivity contribution in [3.8, 4) is 0 Å². The highest BCUT2D eigenvalue weighted by Crippen LogP contribution is 2.18. The standard InChI is InChI=1S/C14H20F2O2/c1-2-4-11-5-3-6-12(9-11)13(17)7-8-18-10-14(15)16/h3,5-6,9,13-14,17H,2,4,7-8,10H2,1H3. The number of alkyl halides is 2. The Morgan fingerprint density at radius 3 is 2.78 bits per heavy atom. The summed E-state index contributed by atoms with van der Waals surface area (Å²) in [6.45, 7) is 1.67. The fraction of sp³-hybridized carbons (Fsp3) is 0.571. The minimum absolute atomic E-state index is 0.142. The van der Waals surface area contributed by atoms with Gasteiger partial charge in [0.2, 0.25) is 0 Å². The van der Waals surface area contributed by atoms with Crippen molar-refractivity contribution in [2.45, 2.75) is 38.7 Å². The summed E-state index contributed by atoms with van der Waals surface area (Å²) in [5.74, 6) is 0. The van der Waals surface area contributed by atoms with E-state index < -0.39 is 19.1 Å². The predicted molar refractivity (Wildman–Crippen MR) is 66.8 cm³/mol. The number of aryl methyl sites for hydroxylation is 1. The summed E-state index contributed by atoms with van der Waals surface area (Å²) in [6, 6.07) is 7.73. The lowest BCUT2D eigenvalue weighted by Crippen LogP contribution is -2.08. The van der Waals surface area contributed by atoms with Crippen LogP contribution in [0.2, 0.25) is 0 Å². The van der Waals surface area contributed by atoms with Crippen LogP contribution in [0, 0.1) is 0 Å². The number of ether oxygens (including phenoxy) is 1. The van der Waals surface area contributed by atoms with Crippen LogP contribution in [-0.4, -0.2) is 24.7 Å². The summed E-state index contributed by atoms with van der Waals surface area (Å²) in [5, 5.41) is 9.91. The molecule has 18 heavy (non-hydrogen) atoms. The zero-order valence-electron chi connectivity index (χ0n) is 10.6. The maximum absolute atomic E-state index is 11.8. The van der Waals surface area contributed by atoms with Crippen LogP contribution < -0.4 is 0 Å². The van der Waals surface area contributed by atoms with Crippen LogP contribution in [0.4, 0.5) is 8.78 Å². The zero-order chi connectivity index (χ0) is 13.4. The molecular formula is C14H20F2O2. The maximum atomic E-state index is 11.8. The number of hydrogen-bond donors (Lipinski definition) is 1. The molecule has 1 rings (SSSR count). The first kappa shape index (κ1) is 15.1. The SMILES string of the molecule is CCCc1cccc(C(O)CCOCC(F)F)c1. The largest absolute Gasteiger partial charge is 0.388 e. The third-order valence-corrected chi connectivity index (χ3v) is 2.65. The third-order valence-electron chi connectivity index (χ3n) is 2.65. The van der Waals surface area contributed by atoms with Crippen molar-refractivity contribution in [3.63, 3.8) is 0 Å². The second kappa shape index (κ2) is 8.16. The molecule has 0 aliphatic carbocycles. The fourth-order valence-corrected chi connectivity index (χ4v) is 1.78. The summed E-state index contributed by atoms with van der Waals surface area (Å²) < 4.78 is 28.4. The van der Waals surface area contributed by atoms with Crippen LogP contribution in [0.5, 0.6) is 0 Å². The van der Waals surface area contributed by atoms with Crippen molar-refractivity contribution in [2.75, 3.05) is 13.2 Å². The van der Waals surface area contributed by atoms with Crippen molar-refractivity contribution in [2.24, 2.45) is 0 Å². The zero-order valence-corrected chi connectivity index (χ0v) is 10.6. The monoisotopic (exact) mass is 258 g/mol. The summed E-state index contributed by atoms with van der Waals surface area (Å²) in [7, 11) is 0. The first-order valence-electron chi connectivity index (χ1n) is 6.26. The Labute approximate surface area is 107 Å². The van der Waals surface area contributed by atoms with Gasteiger partial charge in [-0.1, -0.05) is 37.6 Å². The molecule has 1 aromatic carbocycles. The van der Waals surface area contributed by atoms with E-state index in [-0.39, 0.29) is 6.61 Å². The van der Waals surface area contributed by atoms with Crippen LogP contribution in [0.1, 0.15) is 37.0 Å². The molecule has 0 spiro atoms. The molecule has 102 valence electrons. The molecule has 1 aromatic rings. The van der Waals surface area contributed by atoms with Crippen molar-refractivity contribution in [3.05, 3.63) is 35.4 Å². The molecule has 4 heteroatoms. The second-order valence-electron chi connectivity index (χ2n) is 4.27. The molecule has 0 bridgehead atoms. The molecule has 0 aromatic heterocycles. The quantitative estimate of drug-likeness (QED) is 0.725. The van der Waals surface area contributed by atoms with E-state index in [1.165, 1.54) is 5.56 Å². The number of halogens is 2. The number of aliphatic hydroxyl groups excluding tert-OH is 1. The normalized spacial score (nSPS) is 12.9. The topological polar surface area (TPSA) is 29.5 Å². The number of rotatable bonds is 8. The predicted octanol–water partition coefficient (Wildman–Crippen LogP) is 3.34. The smallest absolute Gasteiger partial charge is 0.261 e. The Bertz CT molecular complexity index is 342. The summed E-state index contributed by atoms with van der Waals surface area (Å²) in [4.78, 5) is 0. The molecule has 0 radical (unpaired) electrons. The van der Waals surface area contributed by atoms with Gasteiger partial charge in [-0.15, -0.1) is 0 Å². The molecule has 1 N–H and O–H groups in total. The van der Waals surface area contributed by atoms with E-state index in [0.29, 0.717) is 6.42 Å². The Morgan fingerprint density at radius 1 is 1.33 bits per heavy atom. The number of benzene rings is 1. The van der Waals surface area contributed by atoms with Crippen molar-refractivity contribution < 1.29 is 18.6 Å². The van der Waals surface area contributed by atoms with Crippen LogP contribution in [0.3, 0.4) is 0 Å². The first-order valence-corrected chi connectivity index (χ1v) is 6.26. The highest BCUT2D eigenvalue weighted by atomic mass is 19.3. The van der Waals surface area contributed by atoms with Gasteiger partial charge in [0, 0.05) is 13.0 Å². The van der Waals surface area contributed by atoms with Gasteiger partial charge in [0.15, 0.2) is 0 Å². The molecule has 0 heterocycles. The maximum Gasteiger partial charge on any atom is 0.261 e. The van der Waals surface area contributed by atoms with E-state index in [1.54, 1.807) is 0 Å². The van der Waals surface area contributed by atoms with Gasteiger partial charge in [-0.3, -0.25) is 0 Å². The fourth-order valence-electron chi connectivity index (χ4n) is 1.78. The van der Waals surface area contributed by atoms with Crippen LogP contribution in [-0.2, 0) is 11.2 Å². The van der Waals surface area contributed by atoms with Crippen molar-refractivity contribution in [1.29, 1.82) is 0 Å². The minimum atomic E-state index is -2.45. The van der Waals surface area contributed by atoms with Gasteiger partial charge < -0.3 is 9.84 Å². The van der Waals surface area contributed by atoms with Crippen LogP contribution >= 0.6 is 0 Å². The summed E-state index contributed by atoms with van der Waals surface area (Å²) in [6.07, 6.45) is -0.739. The highest BCUT2D eigenvalue weighted by molar-refractivity contribution is 5.25. The Hall–Kier alpha value is -1.00. The molecule has 0 fully saturated rings. The molecule has 0 aliphatic rings. The van der Waals surface area contributed by atoms with E-state index in [0.717, 1.165) is 18.4 Å². The van der Waals surface area contributed by atoms with E-state index in [1.807, 2.05) is 24.3 Å². The van der Waals surface area contributed by atoms with E-state index in [2.05, 4.69) is 6.92 Å². The van der Waals surface area contributed by atoms with Gasteiger partial charge in [0.05, 0.1) is 6.10 Å². The third kappa shape index (κ3) is 5.56. The molecular weight excluding hydrogens is 238 g/mol. The number of hydrogen-bond acceptors (Lipinski definition) is 2. The second-order valence-corrected chi connectivity index (χ2v) is 4.27. The average Bonchev–Trinajstić information content (AvgIpc) is 2.35. The molecule has 1 unspecified atom stereocenters. The first-order chi connectivity index (χ1) is 8.63. The van der Waals surface area contributed by atoms with Gasteiger partial charge in [0.25, 0.3) is 6.43 Å². The van der Waals surface area contributed by atoms with Crippen molar-refractivity contribution in [1.82, 2.24) is 0 Å². The lowest BCUT2D eigenvalue weighted by molar-refractivity contribution is 0.00481. The Balaban J connectivity index is 2.40. The van der Waals surface area contributed by atoms with Gasteiger partial charge in [-0.25, -0.2) is 8.78 Å². The Morgan fingerprint density at radius 2 is 2.11 bits per heavy atom. The Kier molecular flexibility index (Phi) is 6.83. The lowest BCUT2D eigenvalue weighted by atomic mass is 10.0. The van der Waals surface area contributed by atoms with E-state index >= 15 is 0 Å². The van der Waals surface area contributed by atoms with E-state index in [9.17, 15) is 13.9 Å². The van der Waals surface area contributed by atoms with Crippen LogP contribution in [0.25, 0.3) is 0 Å². The van der Waals surface area contributed by atoms with Gasteiger partial charge >= 0.3 is 0 Å². The number of aliphatic hydroxyl groups is 1. The summed E-state index contributed by atoms with van der Waals surface area (Å²) >= 11 is 0.